The normalized spacial score (nSPS) is 16.2. The van der Waals surface area contributed by atoms with Crippen LogP contribution in [0.2, 0.25) is 5.02 Å². The van der Waals surface area contributed by atoms with E-state index in [0.29, 0.717) is 52.1 Å². The van der Waals surface area contributed by atoms with Gasteiger partial charge in [0.1, 0.15) is 6.61 Å². The zero-order chi connectivity index (χ0) is 25.8. The number of ether oxygens (including phenoxy) is 4. The number of esters is 1. The molecule has 0 saturated carbocycles. The number of methoxy groups -OCH3 is 1. The molecule has 37 heavy (non-hydrogen) atoms. The van der Waals surface area contributed by atoms with Crippen LogP contribution in [0.25, 0.3) is 0 Å². The fourth-order valence-corrected chi connectivity index (χ4v) is 4.42. The monoisotopic (exact) mass is 521 g/mol. The number of urea groups is 1. The van der Waals surface area contributed by atoms with Crippen LogP contribution in [0.15, 0.2) is 72.1 Å². The van der Waals surface area contributed by atoms with Crippen molar-refractivity contribution < 1.29 is 28.5 Å². The Morgan fingerprint density at radius 1 is 1.08 bits per heavy atom. The summed E-state index contributed by atoms with van der Waals surface area (Å²) in [5.74, 6) is 1.22. The molecule has 10 heteroatoms. The number of amides is 2. The summed E-state index contributed by atoms with van der Waals surface area (Å²) in [4.78, 5) is 30.3. The molecule has 2 aliphatic rings. The lowest BCUT2D eigenvalue weighted by Gasteiger charge is -2.29. The maximum atomic E-state index is 13.5. The molecule has 0 saturated heterocycles. The third-order valence-corrected chi connectivity index (χ3v) is 6.27. The summed E-state index contributed by atoms with van der Waals surface area (Å²) < 4.78 is 21.7. The maximum absolute atomic E-state index is 13.5. The molecule has 1 unspecified atom stereocenters. The summed E-state index contributed by atoms with van der Waals surface area (Å²) >= 11 is 6.07. The van der Waals surface area contributed by atoms with E-state index in [0.717, 1.165) is 11.1 Å². The number of nitrogens with zero attached hydrogens (tertiary/aromatic N) is 1. The minimum atomic E-state index is -0.759. The summed E-state index contributed by atoms with van der Waals surface area (Å²) in [6.07, 6.45) is 2.49. The van der Waals surface area contributed by atoms with Gasteiger partial charge in [-0.2, -0.15) is 0 Å². The van der Waals surface area contributed by atoms with Gasteiger partial charge in [0.2, 0.25) is 12.7 Å². The van der Waals surface area contributed by atoms with Crippen LogP contribution in [0.4, 0.5) is 4.79 Å². The number of hydrogen-bond acceptors (Lipinski definition) is 7. The number of aryl methyl sites for hydroxylation is 1. The standard InChI is InChI=1S/C27H24ClN3O6/c1-34-23-10-7-18(13-29-23)25-24(26(32)35-14-17-3-2-4-19(28)11-17)20(30-27(33)31-25)8-5-16-6-9-21-22(12-16)37-15-36-21/h2-4,6-7,9-13,25H,5,8,14-15H2,1H3,(H2,30,31,33). The van der Waals surface area contributed by atoms with Crippen LogP contribution in [-0.4, -0.2) is 30.9 Å². The van der Waals surface area contributed by atoms with Gasteiger partial charge in [0, 0.05) is 23.0 Å². The molecule has 0 aliphatic carbocycles. The van der Waals surface area contributed by atoms with Crippen molar-refractivity contribution in [3.8, 4) is 17.4 Å². The number of hydrogen-bond donors (Lipinski definition) is 2. The fourth-order valence-electron chi connectivity index (χ4n) is 4.21. The van der Waals surface area contributed by atoms with Crippen molar-refractivity contribution in [2.45, 2.75) is 25.5 Å². The molecule has 2 aromatic carbocycles. The second kappa shape index (κ2) is 10.8. The van der Waals surface area contributed by atoms with Crippen molar-refractivity contribution in [3.63, 3.8) is 0 Å². The van der Waals surface area contributed by atoms with E-state index in [1.165, 1.54) is 7.11 Å². The Bertz CT molecular complexity index is 1360. The zero-order valence-corrected chi connectivity index (χ0v) is 20.7. The second-order valence-electron chi connectivity index (χ2n) is 8.45. The Morgan fingerprint density at radius 2 is 1.95 bits per heavy atom. The molecule has 5 rings (SSSR count). The Kier molecular flexibility index (Phi) is 7.14. The topological polar surface area (TPSA) is 108 Å². The van der Waals surface area contributed by atoms with Gasteiger partial charge in [0.15, 0.2) is 11.5 Å². The average molecular weight is 522 g/mol. The number of halogens is 1. The first-order valence-electron chi connectivity index (χ1n) is 11.6. The predicted molar refractivity (Wildman–Crippen MR) is 134 cm³/mol. The second-order valence-corrected chi connectivity index (χ2v) is 8.89. The van der Waals surface area contributed by atoms with E-state index in [4.69, 9.17) is 30.5 Å². The highest BCUT2D eigenvalue weighted by Crippen LogP contribution is 2.34. The van der Waals surface area contributed by atoms with Gasteiger partial charge in [0.05, 0.1) is 18.7 Å². The van der Waals surface area contributed by atoms with Crippen molar-refractivity contribution >= 4 is 23.6 Å². The molecule has 9 nitrogen and oxygen atoms in total. The first-order valence-corrected chi connectivity index (χ1v) is 12.0. The molecule has 2 N–H and O–H groups in total. The third-order valence-electron chi connectivity index (χ3n) is 6.03. The summed E-state index contributed by atoms with van der Waals surface area (Å²) in [5.41, 5.74) is 3.11. The maximum Gasteiger partial charge on any atom is 0.338 e. The molecule has 1 atom stereocenters. The number of benzene rings is 2. The van der Waals surface area contributed by atoms with E-state index in [1.807, 2.05) is 24.3 Å². The van der Waals surface area contributed by atoms with E-state index in [9.17, 15) is 9.59 Å². The molecule has 0 fully saturated rings. The smallest absolute Gasteiger partial charge is 0.338 e. The molecule has 0 spiro atoms. The minimum Gasteiger partial charge on any atom is -0.481 e. The highest BCUT2D eigenvalue weighted by molar-refractivity contribution is 6.30. The van der Waals surface area contributed by atoms with Gasteiger partial charge >= 0.3 is 12.0 Å². The van der Waals surface area contributed by atoms with Crippen LogP contribution in [0, 0.1) is 0 Å². The van der Waals surface area contributed by atoms with Gasteiger partial charge in [-0.3, -0.25) is 0 Å². The molecule has 190 valence electrons. The minimum absolute atomic E-state index is 0.0276. The number of fused-ring (bicyclic) bond motifs is 1. The average Bonchev–Trinajstić information content (AvgIpc) is 3.38. The van der Waals surface area contributed by atoms with Crippen molar-refractivity contribution in [2.24, 2.45) is 0 Å². The molecule has 3 aromatic rings. The first kappa shape index (κ1) is 24.5. The number of pyridine rings is 1. The van der Waals surface area contributed by atoms with Crippen LogP contribution in [-0.2, 0) is 22.6 Å². The van der Waals surface area contributed by atoms with Gasteiger partial charge in [-0.15, -0.1) is 0 Å². The molecular formula is C27H24ClN3O6. The third kappa shape index (κ3) is 5.62. The highest BCUT2D eigenvalue weighted by atomic mass is 35.5. The van der Waals surface area contributed by atoms with Crippen molar-refractivity contribution in [3.05, 3.63) is 93.8 Å². The Morgan fingerprint density at radius 3 is 2.73 bits per heavy atom. The number of allylic oxidation sites excluding steroid dienone is 1. The number of nitrogens with one attached hydrogen (secondary N) is 2. The first-order chi connectivity index (χ1) is 18.0. The number of carbonyl (C=O) groups excluding carboxylic acids is 2. The van der Waals surface area contributed by atoms with Gasteiger partial charge in [0.25, 0.3) is 0 Å². The Balaban J connectivity index is 1.44. The Labute approximate surface area is 218 Å². The summed E-state index contributed by atoms with van der Waals surface area (Å²) in [6.45, 7) is 0.214. The molecule has 0 radical (unpaired) electrons. The Hall–Kier alpha value is -4.24. The van der Waals surface area contributed by atoms with Crippen LogP contribution in [0.3, 0.4) is 0 Å². The quantitative estimate of drug-likeness (QED) is 0.421. The molecule has 2 amide bonds. The van der Waals surface area contributed by atoms with Gasteiger partial charge < -0.3 is 29.6 Å². The zero-order valence-electron chi connectivity index (χ0n) is 20.0. The lowest BCUT2D eigenvalue weighted by atomic mass is 9.94. The van der Waals surface area contributed by atoms with Crippen LogP contribution in [0.1, 0.15) is 29.2 Å². The van der Waals surface area contributed by atoms with Crippen molar-refractivity contribution in [1.29, 1.82) is 0 Å². The molecule has 2 aliphatic heterocycles. The van der Waals surface area contributed by atoms with E-state index in [1.54, 1.807) is 36.5 Å². The van der Waals surface area contributed by atoms with Crippen LogP contribution < -0.4 is 24.8 Å². The number of aromatic nitrogens is 1. The van der Waals surface area contributed by atoms with Gasteiger partial charge in [-0.25, -0.2) is 14.6 Å². The predicted octanol–water partition coefficient (Wildman–Crippen LogP) is 4.46. The molecular weight excluding hydrogens is 498 g/mol. The number of rotatable bonds is 8. The molecule has 1 aromatic heterocycles. The fraction of sp³-hybridized carbons (Fsp3) is 0.222. The highest BCUT2D eigenvalue weighted by Gasteiger charge is 2.34. The van der Waals surface area contributed by atoms with E-state index >= 15 is 0 Å². The van der Waals surface area contributed by atoms with Crippen LogP contribution in [0.5, 0.6) is 17.4 Å². The molecule has 0 bridgehead atoms. The van der Waals surface area contributed by atoms with Gasteiger partial charge in [-0.05, 0) is 59.9 Å². The SMILES string of the molecule is COc1ccc(C2NC(=O)NC(CCc3ccc4c(c3)OCO4)=C2C(=O)OCc2cccc(Cl)c2)cn1. The molecule has 3 heterocycles. The van der Waals surface area contributed by atoms with Crippen molar-refractivity contribution in [1.82, 2.24) is 15.6 Å². The largest absolute Gasteiger partial charge is 0.481 e. The lowest BCUT2D eigenvalue weighted by Crippen LogP contribution is -2.46. The summed E-state index contributed by atoms with van der Waals surface area (Å²) in [7, 11) is 1.51. The van der Waals surface area contributed by atoms with Crippen molar-refractivity contribution in [2.75, 3.05) is 13.9 Å². The summed E-state index contributed by atoms with van der Waals surface area (Å²) in [6, 6.07) is 15.0. The summed E-state index contributed by atoms with van der Waals surface area (Å²) in [5, 5.41) is 6.18. The lowest BCUT2D eigenvalue weighted by molar-refractivity contribution is -0.140. The van der Waals surface area contributed by atoms with E-state index in [2.05, 4.69) is 15.6 Å². The van der Waals surface area contributed by atoms with Crippen LogP contribution >= 0.6 is 11.6 Å². The number of carbonyl (C=O) groups is 2. The van der Waals surface area contributed by atoms with Gasteiger partial charge in [-0.1, -0.05) is 29.8 Å². The van der Waals surface area contributed by atoms with E-state index in [-0.39, 0.29) is 13.4 Å². The van der Waals surface area contributed by atoms with E-state index < -0.39 is 18.0 Å².